The molecule has 0 N–H and O–H groups in total. The molecule has 0 amide bonds. The van der Waals surface area contributed by atoms with Crippen molar-refractivity contribution in [2.45, 2.75) is 121 Å². The van der Waals surface area contributed by atoms with E-state index in [1.54, 1.807) is 0 Å². The highest BCUT2D eigenvalue weighted by atomic mass is 32.2. The van der Waals surface area contributed by atoms with E-state index < -0.39 is 0 Å². The molecule has 1 fully saturated rings. The van der Waals surface area contributed by atoms with Crippen LogP contribution in [-0.2, 0) is 25.4 Å². The third kappa shape index (κ3) is 10.7. The third-order valence-electron chi connectivity index (χ3n) is 7.89. The molecule has 0 unspecified atom stereocenters. The summed E-state index contributed by atoms with van der Waals surface area (Å²) in [5, 5.41) is 0.318. The maximum absolute atomic E-state index is 6.77. The van der Waals surface area contributed by atoms with Gasteiger partial charge in [0.1, 0.15) is 18.3 Å². The largest absolute Gasteiger partial charge is 0.380 e. The lowest BCUT2D eigenvalue weighted by molar-refractivity contribution is -0.149. The summed E-state index contributed by atoms with van der Waals surface area (Å²) in [5.74, 6) is 0. The molecular formula is C36H56O4S. The van der Waals surface area contributed by atoms with E-state index in [0.29, 0.717) is 6.61 Å². The molecular weight excluding hydrogens is 528 g/mol. The number of aryl methyl sites for hydroxylation is 1. The van der Waals surface area contributed by atoms with Gasteiger partial charge in [0.15, 0.2) is 0 Å². The molecule has 0 aromatic heterocycles. The van der Waals surface area contributed by atoms with E-state index in [1.807, 2.05) is 11.8 Å². The predicted octanol–water partition coefficient (Wildman–Crippen LogP) is 9.45. The van der Waals surface area contributed by atoms with Crippen LogP contribution in [0.25, 0.3) is 11.1 Å². The van der Waals surface area contributed by atoms with Crippen molar-refractivity contribution in [3.8, 4) is 11.1 Å². The number of rotatable bonds is 20. The fourth-order valence-corrected chi connectivity index (χ4v) is 6.89. The Morgan fingerprint density at radius 3 is 1.80 bits per heavy atom. The first kappa shape index (κ1) is 34.1. The smallest absolute Gasteiger partial charge is 0.112 e. The molecule has 0 aliphatic carbocycles. The van der Waals surface area contributed by atoms with Gasteiger partial charge in [-0.2, -0.15) is 0 Å². The summed E-state index contributed by atoms with van der Waals surface area (Å²) in [6.07, 6.45) is 9.47. The first-order valence-electron chi connectivity index (χ1n) is 16.4. The zero-order chi connectivity index (χ0) is 29.3. The summed E-state index contributed by atoms with van der Waals surface area (Å²) in [7, 11) is 0. The minimum Gasteiger partial charge on any atom is -0.380 e. The number of hydrogen-bond acceptors (Lipinski definition) is 5. The van der Waals surface area contributed by atoms with Crippen LogP contribution in [0, 0.1) is 0 Å². The fraction of sp³-hybridized carbons (Fsp3) is 0.667. The van der Waals surface area contributed by atoms with E-state index in [-0.39, 0.29) is 28.8 Å². The summed E-state index contributed by atoms with van der Waals surface area (Å²) < 4.78 is 26.4. The van der Waals surface area contributed by atoms with E-state index in [9.17, 15) is 0 Å². The van der Waals surface area contributed by atoms with Gasteiger partial charge in [-0.3, -0.25) is 0 Å². The molecule has 5 atom stereocenters. The van der Waals surface area contributed by atoms with Gasteiger partial charge in [0.2, 0.25) is 0 Å². The lowest BCUT2D eigenvalue weighted by Crippen LogP contribution is -2.55. The fourth-order valence-electron chi connectivity index (χ4n) is 5.26. The van der Waals surface area contributed by atoms with Crippen molar-refractivity contribution in [2.24, 2.45) is 0 Å². The second kappa shape index (κ2) is 19.7. The van der Waals surface area contributed by atoms with Gasteiger partial charge in [-0.15, -0.1) is 11.8 Å². The van der Waals surface area contributed by atoms with Crippen molar-refractivity contribution in [3.63, 3.8) is 0 Å². The van der Waals surface area contributed by atoms with Crippen molar-refractivity contribution >= 4 is 11.8 Å². The molecule has 0 radical (unpaired) electrons. The molecule has 1 heterocycles. The van der Waals surface area contributed by atoms with Crippen LogP contribution in [0.5, 0.6) is 0 Å². The maximum atomic E-state index is 6.77. The Kier molecular flexibility index (Phi) is 16.4. The third-order valence-corrected chi connectivity index (χ3v) is 9.48. The molecule has 230 valence electrons. The van der Waals surface area contributed by atoms with Crippen LogP contribution in [0.1, 0.15) is 102 Å². The minimum atomic E-state index is -0.131. The van der Waals surface area contributed by atoms with Crippen LogP contribution in [0.2, 0.25) is 0 Å². The molecule has 2 aromatic rings. The normalized spacial score (nSPS) is 22.7. The standard InChI is InChI=1S/C36H56O4S/c1-6-11-22-37-27-32-33(38-23-12-7-2)34(39-24-13-8-3)35(40-25-14-9-4)36(41-32)31-17-15-16-30(26-31)29-20-18-28(10-5)19-21-29/h15-21,26,32-36H,6-14,22-25,27H2,1-5H3/t32-,33-,34+,35-,36+/m1/s1. The Morgan fingerprint density at radius 2 is 1.20 bits per heavy atom. The van der Waals surface area contributed by atoms with Gasteiger partial charge in [-0.25, -0.2) is 0 Å². The molecule has 1 saturated heterocycles. The summed E-state index contributed by atoms with van der Waals surface area (Å²) in [4.78, 5) is 0. The van der Waals surface area contributed by atoms with Crippen LogP contribution in [0.4, 0.5) is 0 Å². The Hall–Kier alpha value is -1.37. The predicted molar refractivity (Wildman–Crippen MR) is 175 cm³/mol. The van der Waals surface area contributed by atoms with E-state index in [0.717, 1.165) is 84.2 Å². The SMILES string of the molecule is CCCCOC[C@H]1S[C@@H](c2cccc(-c3ccc(CC)cc3)c2)[C@H](OCCCC)[C@@H](OCCCC)[C@@H]1OCCCC. The van der Waals surface area contributed by atoms with E-state index >= 15 is 0 Å². The molecule has 4 nitrogen and oxygen atoms in total. The second-order valence-electron chi connectivity index (χ2n) is 11.3. The van der Waals surface area contributed by atoms with Crippen LogP contribution < -0.4 is 0 Å². The molecule has 0 spiro atoms. The van der Waals surface area contributed by atoms with Crippen LogP contribution in [-0.4, -0.2) is 56.6 Å². The van der Waals surface area contributed by atoms with Gasteiger partial charge in [0.25, 0.3) is 0 Å². The van der Waals surface area contributed by atoms with Gasteiger partial charge < -0.3 is 18.9 Å². The Balaban J connectivity index is 1.97. The van der Waals surface area contributed by atoms with Gasteiger partial charge in [0.05, 0.1) is 17.1 Å². The zero-order valence-corrected chi connectivity index (χ0v) is 27.3. The molecule has 41 heavy (non-hydrogen) atoms. The number of hydrogen-bond donors (Lipinski definition) is 0. The Labute approximate surface area is 255 Å². The highest BCUT2D eigenvalue weighted by Crippen LogP contribution is 2.47. The average Bonchev–Trinajstić information content (AvgIpc) is 3.01. The van der Waals surface area contributed by atoms with Crippen LogP contribution in [0.3, 0.4) is 0 Å². The first-order valence-corrected chi connectivity index (χ1v) is 17.4. The maximum Gasteiger partial charge on any atom is 0.112 e. The molecule has 1 aliphatic heterocycles. The van der Waals surface area contributed by atoms with Crippen molar-refractivity contribution in [3.05, 3.63) is 59.7 Å². The molecule has 2 aromatic carbocycles. The number of benzene rings is 2. The lowest BCUT2D eigenvalue weighted by atomic mass is 9.94. The molecule has 1 aliphatic rings. The monoisotopic (exact) mass is 584 g/mol. The molecule has 5 heteroatoms. The van der Waals surface area contributed by atoms with Gasteiger partial charge >= 0.3 is 0 Å². The van der Waals surface area contributed by atoms with Gasteiger partial charge in [-0.05, 0) is 60.4 Å². The zero-order valence-electron chi connectivity index (χ0n) is 26.4. The Morgan fingerprint density at radius 1 is 0.610 bits per heavy atom. The number of ether oxygens (including phenoxy) is 4. The quantitative estimate of drug-likeness (QED) is 0.145. The molecule has 0 bridgehead atoms. The van der Waals surface area contributed by atoms with E-state index in [2.05, 4.69) is 83.1 Å². The lowest BCUT2D eigenvalue weighted by Gasteiger charge is -2.46. The first-order chi connectivity index (χ1) is 20.2. The Bertz CT molecular complexity index is 949. The van der Waals surface area contributed by atoms with Crippen molar-refractivity contribution in [1.82, 2.24) is 0 Å². The van der Waals surface area contributed by atoms with E-state index in [1.165, 1.54) is 22.3 Å². The topological polar surface area (TPSA) is 36.9 Å². The van der Waals surface area contributed by atoms with Crippen LogP contribution >= 0.6 is 11.8 Å². The second-order valence-corrected chi connectivity index (χ2v) is 12.7. The summed E-state index contributed by atoms with van der Waals surface area (Å²) >= 11 is 1.97. The minimum absolute atomic E-state index is 0.0577. The summed E-state index contributed by atoms with van der Waals surface area (Å²) in [6.45, 7) is 14.8. The van der Waals surface area contributed by atoms with Crippen LogP contribution in [0.15, 0.2) is 48.5 Å². The number of thioether (sulfide) groups is 1. The van der Waals surface area contributed by atoms with E-state index in [4.69, 9.17) is 18.9 Å². The van der Waals surface area contributed by atoms with Crippen molar-refractivity contribution in [2.75, 3.05) is 33.0 Å². The molecule has 3 rings (SSSR count). The highest BCUT2D eigenvalue weighted by molar-refractivity contribution is 8.00. The number of unbranched alkanes of at least 4 members (excludes halogenated alkanes) is 4. The van der Waals surface area contributed by atoms with Crippen molar-refractivity contribution in [1.29, 1.82) is 0 Å². The highest BCUT2D eigenvalue weighted by Gasteiger charge is 2.48. The van der Waals surface area contributed by atoms with Gasteiger partial charge in [-0.1, -0.05) is 103 Å². The molecule has 0 saturated carbocycles. The summed E-state index contributed by atoms with van der Waals surface area (Å²) in [5.41, 5.74) is 5.16. The summed E-state index contributed by atoms with van der Waals surface area (Å²) in [6, 6.07) is 18.0. The van der Waals surface area contributed by atoms with Gasteiger partial charge in [0, 0.05) is 26.4 Å². The van der Waals surface area contributed by atoms with Crippen molar-refractivity contribution < 1.29 is 18.9 Å². The average molecular weight is 585 g/mol.